The molecule has 3 aromatic rings. The molecule has 40 heavy (non-hydrogen) atoms. The summed E-state index contributed by atoms with van der Waals surface area (Å²) in [6.07, 6.45) is 2.56. The summed E-state index contributed by atoms with van der Waals surface area (Å²) in [5.41, 5.74) is 10.2. The SMILES string of the molecule is CCOc1ncc2c(n1)CN(c1nc(-c3cc(OC[C@H](O)CNC)ccc3Cl)nc(C(=NC)C(Br)=CN)c1C)C2. The van der Waals surface area contributed by atoms with Gasteiger partial charge < -0.3 is 30.5 Å². The van der Waals surface area contributed by atoms with E-state index in [0.29, 0.717) is 76.1 Å². The summed E-state index contributed by atoms with van der Waals surface area (Å²) >= 11 is 10.2. The van der Waals surface area contributed by atoms with Gasteiger partial charge >= 0.3 is 6.01 Å². The fourth-order valence-corrected chi connectivity index (χ4v) is 4.87. The highest BCUT2D eigenvalue weighted by Crippen LogP contribution is 2.35. The van der Waals surface area contributed by atoms with Crippen LogP contribution in [0, 0.1) is 6.92 Å². The van der Waals surface area contributed by atoms with Crippen molar-refractivity contribution in [3.63, 3.8) is 0 Å². The zero-order valence-corrected chi connectivity index (χ0v) is 25.1. The Kier molecular flexibility index (Phi) is 9.90. The van der Waals surface area contributed by atoms with Crippen molar-refractivity contribution in [2.24, 2.45) is 10.7 Å². The Balaban J connectivity index is 1.79. The molecule has 0 radical (unpaired) electrons. The van der Waals surface area contributed by atoms with E-state index < -0.39 is 6.10 Å². The number of rotatable bonds is 11. The number of allylic oxidation sites excluding steroid dienone is 1. The van der Waals surface area contributed by atoms with Crippen LogP contribution >= 0.6 is 27.5 Å². The van der Waals surface area contributed by atoms with Gasteiger partial charge in [0.15, 0.2) is 5.82 Å². The number of halogens is 2. The van der Waals surface area contributed by atoms with Crippen molar-refractivity contribution in [2.45, 2.75) is 33.0 Å². The maximum atomic E-state index is 10.1. The predicted molar refractivity (Wildman–Crippen MR) is 159 cm³/mol. The number of nitrogens with one attached hydrogen (secondary N) is 1. The topological polar surface area (TPSA) is 144 Å². The monoisotopic (exact) mass is 630 g/mol. The summed E-state index contributed by atoms with van der Waals surface area (Å²) < 4.78 is 11.9. The normalized spacial score (nSPS) is 14.3. The predicted octanol–water partition coefficient (Wildman–Crippen LogP) is 3.39. The molecule has 2 aromatic heterocycles. The second kappa shape index (κ2) is 13.4. The molecule has 1 atom stereocenters. The average Bonchev–Trinajstić information content (AvgIpc) is 3.37. The van der Waals surface area contributed by atoms with E-state index in [0.717, 1.165) is 16.8 Å². The van der Waals surface area contributed by atoms with Crippen molar-refractivity contribution in [2.75, 3.05) is 38.8 Å². The Bertz CT molecular complexity index is 1440. The Morgan fingerprint density at radius 3 is 2.80 bits per heavy atom. The Morgan fingerprint density at radius 1 is 1.30 bits per heavy atom. The molecule has 0 bridgehead atoms. The first kappa shape index (κ1) is 29.7. The molecule has 4 rings (SSSR count). The highest BCUT2D eigenvalue weighted by atomic mass is 79.9. The van der Waals surface area contributed by atoms with Crippen LogP contribution in [0.3, 0.4) is 0 Å². The molecule has 0 amide bonds. The minimum absolute atomic E-state index is 0.116. The van der Waals surface area contributed by atoms with Crippen LogP contribution in [0.4, 0.5) is 5.82 Å². The van der Waals surface area contributed by atoms with Gasteiger partial charge in [-0.15, -0.1) is 0 Å². The van der Waals surface area contributed by atoms with E-state index in [-0.39, 0.29) is 6.61 Å². The van der Waals surface area contributed by atoms with Gasteiger partial charge in [-0.3, -0.25) is 4.99 Å². The fraction of sp³-hybridized carbons (Fsp3) is 0.370. The van der Waals surface area contributed by atoms with Gasteiger partial charge in [-0.25, -0.2) is 15.0 Å². The summed E-state index contributed by atoms with van der Waals surface area (Å²) in [4.78, 5) is 25.3. The standard InChI is InChI=1S/C27H32BrClN8O3/c1-5-39-27-33-10-16-12-37(13-22(16)34-27)26-15(2)23(24(32-4)20(28)9-30)35-25(36-26)19-8-18(6-7-21(19)29)40-14-17(38)11-31-3/h6-10,17,31,38H,5,11-14,30H2,1-4H3/t17-/m1/s1. The number of aromatic nitrogens is 4. The maximum absolute atomic E-state index is 10.1. The lowest BCUT2D eigenvalue weighted by atomic mass is 10.1. The van der Waals surface area contributed by atoms with Crippen LogP contribution in [0.25, 0.3) is 11.4 Å². The van der Waals surface area contributed by atoms with Gasteiger partial charge in [0.1, 0.15) is 24.3 Å². The largest absolute Gasteiger partial charge is 0.491 e. The van der Waals surface area contributed by atoms with Crippen LogP contribution in [-0.2, 0) is 13.1 Å². The lowest BCUT2D eigenvalue weighted by molar-refractivity contribution is 0.108. The highest BCUT2D eigenvalue weighted by molar-refractivity contribution is 9.12. The van der Waals surface area contributed by atoms with Crippen LogP contribution in [0.2, 0.25) is 5.02 Å². The van der Waals surface area contributed by atoms with Gasteiger partial charge in [0.25, 0.3) is 0 Å². The lowest BCUT2D eigenvalue weighted by Crippen LogP contribution is -2.29. The fourth-order valence-electron chi connectivity index (χ4n) is 4.30. The highest BCUT2D eigenvalue weighted by Gasteiger charge is 2.28. The summed E-state index contributed by atoms with van der Waals surface area (Å²) in [5.74, 6) is 1.61. The van der Waals surface area contributed by atoms with Crippen molar-refractivity contribution in [3.05, 3.63) is 62.6 Å². The van der Waals surface area contributed by atoms with Crippen LogP contribution < -0.4 is 25.4 Å². The second-order valence-corrected chi connectivity index (χ2v) is 10.3. The van der Waals surface area contributed by atoms with E-state index in [2.05, 4.69) is 41.1 Å². The Hall–Kier alpha value is -3.32. The molecule has 0 unspecified atom stereocenters. The number of nitrogens with zero attached hydrogens (tertiary/aromatic N) is 6. The van der Waals surface area contributed by atoms with E-state index in [1.165, 1.54) is 6.20 Å². The zero-order chi connectivity index (χ0) is 28.8. The molecule has 0 fully saturated rings. The van der Waals surface area contributed by atoms with E-state index in [4.69, 9.17) is 36.8 Å². The molecule has 3 heterocycles. The number of hydrogen-bond donors (Lipinski definition) is 3. The summed E-state index contributed by atoms with van der Waals surface area (Å²) in [6, 6.07) is 5.58. The van der Waals surface area contributed by atoms with Crippen molar-refractivity contribution >= 4 is 39.1 Å². The van der Waals surface area contributed by atoms with E-state index >= 15 is 0 Å². The molecule has 13 heteroatoms. The average molecular weight is 632 g/mol. The minimum atomic E-state index is -0.662. The Morgan fingerprint density at radius 2 is 2.10 bits per heavy atom. The maximum Gasteiger partial charge on any atom is 0.316 e. The molecule has 0 saturated heterocycles. The number of benzene rings is 1. The number of likely N-dealkylation sites (N-methyl/N-ethyl adjacent to an activating group) is 1. The molecule has 0 aliphatic carbocycles. The van der Waals surface area contributed by atoms with E-state index in [1.54, 1.807) is 38.5 Å². The van der Waals surface area contributed by atoms with Crippen molar-refractivity contribution in [3.8, 4) is 23.1 Å². The van der Waals surface area contributed by atoms with E-state index in [9.17, 15) is 5.11 Å². The minimum Gasteiger partial charge on any atom is -0.491 e. The summed E-state index contributed by atoms with van der Waals surface area (Å²) in [7, 11) is 3.44. The van der Waals surface area contributed by atoms with Gasteiger partial charge in [0, 0.05) is 49.2 Å². The molecular weight excluding hydrogens is 600 g/mol. The number of fused-ring (bicyclic) bond motifs is 1. The van der Waals surface area contributed by atoms with Crippen molar-refractivity contribution in [1.29, 1.82) is 0 Å². The van der Waals surface area contributed by atoms with Crippen molar-refractivity contribution in [1.82, 2.24) is 25.3 Å². The zero-order valence-electron chi connectivity index (χ0n) is 22.8. The quantitative estimate of drug-likeness (QED) is 0.270. The molecule has 1 aromatic carbocycles. The van der Waals surface area contributed by atoms with Crippen LogP contribution in [-0.4, -0.2) is 70.7 Å². The second-order valence-electron chi connectivity index (χ2n) is 9.01. The van der Waals surface area contributed by atoms with Crippen molar-refractivity contribution < 1.29 is 14.6 Å². The number of aliphatic imine (C=N–C) groups is 1. The first-order valence-corrected chi connectivity index (χ1v) is 13.9. The molecule has 1 aliphatic rings. The van der Waals surface area contributed by atoms with Crippen LogP contribution in [0.5, 0.6) is 11.8 Å². The third-order valence-electron chi connectivity index (χ3n) is 6.21. The number of aliphatic hydroxyl groups excluding tert-OH is 1. The molecule has 11 nitrogen and oxygen atoms in total. The van der Waals surface area contributed by atoms with E-state index in [1.807, 2.05) is 13.8 Å². The molecule has 212 valence electrons. The molecule has 4 N–H and O–H groups in total. The number of anilines is 1. The van der Waals surface area contributed by atoms with Gasteiger partial charge in [-0.2, -0.15) is 4.98 Å². The molecule has 0 spiro atoms. The van der Waals surface area contributed by atoms with Gasteiger partial charge in [-0.05, 0) is 55.0 Å². The number of hydrogen-bond acceptors (Lipinski definition) is 11. The van der Waals surface area contributed by atoms with Gasteiger partial charge in [-0.1, -0.05) is 11.6 Å². The Labute approximate surface area is 246 Å². The smallest absolute Gasteiger partial charge is 0.316 e. The first-order chi connectivity index (χ1) is 19.3. The number of ether oxygens (including phenoxy) is 2. The summed E-state index contributed by atoms with van der Waals surface area (Å²) in [6.45, 7) is 5.93. The number of aliphatic hydroxyl groups is 1. The summed E-state index contributed by atoms with van der Waals surface area (Å²) in [5, 5.41) is 13.4. The molecular formula is C27H32BrClN8O3. The third kappa shape index (κ3) is 6.52. The third-order valence-corrected chi connectivity index (χ3v) is 7.18. The first-order valence-electron chi connectivity index (χ1n) is 12.7. The molecule has 1 aliphatic heterocycles. The van der Waals surface area contributed by atoms with Gasteiger partial charge in [0.2, 0.25) is 0 Å². The van der Waals surface area contributed by atoms with Gasteiger partial charge in [0.05, 0.1) is 39.8 Å². The van der Waals surface area contributed by atoms with Crippen LogP contribution in [0.15, 0.2) is 40.1 Å². The lowest BCUT2D eigenvalue weighted by Gasteiger charge is -2.22. The van der Waals surface area contributed by atoms with Crippen LogP contribution in [0.1, 0.15) is 29.4 Å². The number of nitrogens with two attached hydrogens (primary N) is 1. The molecule has 0 saturated carbocycles.